The molecule has 0 spiro atoms. The number of rotatable bonds is 2. The van der Waals surface area contributed by atoms with E-state index in [1.165, 1.54) is 32.1 Å². The molecule has 0 saturated heterocycles. The van der Waals surface area contributed by atoms with Crippen LogP contribution in [0.5, 0.6) is 0 Å². The summed E-state index contributed by atoms with van der Waals surface area (Å²) in [5.74, 6) is 0. The van der Waals surface area contributed by atoms with E-state index in [1.807, 2.05) is 0 Å². The fourth-order valence-electron chi connectivity index (χ4n) is 1.83. The number of hydrogen-bond acceptors (Lipinski definition) is 4. The van der Waals surface area contributed by atoms with Crippen LogP contribution < -0.4 is 0 Å². The lowest BCUT2D eigenvalue weighted by molar-refractivity contribution is 0.515. The molecule has 1 fully saturated rings. The molecule has 15 heavy (non-hydrogen) atoms. The van der Waals surface area contributed by atoms with Gasteiger partial charge in [0.1, 0.15) is 11.1 Å². The summed E-state index contributed by atoms with van der Waals surface area (Å²) in [5, 5.41) is 10.3. The van der Waals surface area contributed by atoms with Gasteiger partial charge in [-0.2, -0.15) is 5.26 Å². The Labute approximate surface area is 93.9 Å². The molecular formula is C11H13N3S. The maximum absolute atomic E-state index is 8.88. The van der Waals surface area contributed by atoms with Crippen LogP contribution in [0.2, 0.25) is 0 Å². The van der Waals surface area contributed by atoms with Crippen molar-refractivity contribution in [2.24, 2.45) is 0 Å². The fourth-order valence-corrected chi connectivity index (χ4v) is 3.05. The molecule has 1 aromatic heterocycles. The monoisotopic (exact) mass is 219 g/mol. The van der Waals surface area contributed by atoms with Gasteiger partial charge >= 0.3 is 0 Å². The van der Waals surface area contributed by atoms with E-state index in [0.29, 0.717) is 10.9 Å². The Morgan fingerprint density at radius 2 is 1.93 bits per heavy atom. The molecule has 2 rings (SSSR count). The highest BCUT2D eigenvalue weighted by atomic mass is 32.2. The van der Waals surface area contributed by atoms with Crippen LogP contribution in [0.4, 0.5) is 0 Å². The molecule has 0 aliphatic heterocycles. The highest BCUT2D eigenvalue weighted by molar-refractivity contribution is 7.99. The van der Waals surface area contributed by atoms with Gasteiger partial charge in [-0.05, 0) is 12.8 Å². The van der Waals surface area contributed by atoms with Crippen molar-refractivity contribution in [3.05, 3.63) is 18.1 Å². The SMILES string of the molecule is N#Cc1nccnc1SC1CCCCC1. The second-order valence-corrected chi connectivity index (χ2v) is 4.99. The Bertz CT molecular complexity index is 366. The van der Waals surface area contributed by atoms with E-state index in [4.69, 9.17) is 5.26 Å². The molecule has 0 aromatic carbocycles. The van der Waals surface area contributed by atoms with Crippen molar-refractivity contribution < 1.29 is 0 Å². The average Bonchev–Trinajstić information content (AvgIpc) is 2.31. The van der Waals surface area contributed by atoms with Crippen molar-refractivity contribution in [1.29, 1.82) is 5.26 Å². The summed E-state index contributed by atoms with van der Waals surface area (Å²) in [7, 11) is 0. The third-order valence-electron chi connectivity index (χ3n) is 2.60. The summed E-state index contributed by atoms with van der Waals surface area (Å²) in [6.07, 6.45) is 9.68. The van der Waals surface area contributed by atoms with E-state index in [0.717, 1.165) is 5.03 Å². The lowest BCUT2D eigenvalue weighted by atomic mass is 10.0. The predicted octanol–water partition coefficient (Wildman–Crippen LogP) is 2.77. The molecule has 1 aliphatic carbocycles. The van der Waals surface area contributed by atoms with Gasteiger partial charge in [0.25, 0.3) is 0 Å². The molecular weight excluding hydrogens is 206 g/mol. The largest absolute Gasteiger partial charge is 0.245 e. The topological polar surface area (TPSA) is 49.6 Å². The van der Waals surface area contributed by atoms with E-state index in [-0.39, 0.29) is 0 Å². The summed E-state index contributed by atoms with van der Waals surface area (Å²) >= 11 is 1.72. The highest BCUT2D eigenvalue weighted by Gasteiger charge is 2.17. The Hall–Kier alpha value is -1.08. The van der Waals surface area contributed by atoms with Crippen LogP contribution in [-0.2, 0) is 0 Å². The van der Waals surface area contributed by atoms with Gasteiger partial charge in [0.2, 0.25) is 0 Å². The minimum atomic E-state index is 0.466. The molecule has 0 atom stereocenters. The second-order valence-electron chi connectivity index (χ2n) is 3.70. The molecule has 0 bridgehead atoms. The number of nitrogens with zero attached hydrogens (tertiary/aromatic N) is 3. The number of aromatic nitrogens is 2. The molecule has 1 saturated carbocycles. The molecule has 1 aliphatic rings. The number of thioether (sulfide) groups is 1. The zero-order chi connectivity index (χ0) is 10.5. The second kappa shape index (κ2) is 5.13. The van der Waals surface area contributed by atoms with Crippen molar-refractivity contribution in [3.63, 3.8) is 0 Å². The Kier molecular flexibility index (Phi) is 3.57. The third kappa shape index (κ3) is 2.69. The van der Waals surface area contributed by atoms with E-state index in [1.54, 1.807) is 24.2 Å². The molecule has 0 radical (unpaired) electrons. The summed E-state index contributed by atoms with van der Waals surface area (Å²) in [5.41, 5.74) is 0.466. The zero-order valence-electron chi connectivity index (χ0n) is 8.52. The lowest BCUT2D eigenvalue weighted by Gasteiger charge is -2.20. The minimum absolute atomic E-state index is 0.466. The normalized spacial score (nSPS) is 17.3. The van der Waals surface area contributed by atoms with E-state index in [9.17, 15) is 0 Å². The quantitative estimate of drug-likeness (QED) is 0.767. The van der Waals surface area contributed by atoms with E-state index >= 15 is 0 Å². The molecule has 1 aromatic rings. The van der Waals surface area contributed by atoms with Gasteiger partial charge in [0.15, 0.2) is 5.69 Å². The first-order valence-electron chi connectivity index (χ1n) is 5.28. The van der Waals surface area contributed by atoms with E-state index in [2.05, 4.69) is 16.0 Å². The van der Waals surface area contributed by atoms with E-state index < -0.39 is 0 Å². The van der Waals surface area contributed by atoms with Crippen LogP contribution in [0, 0.1) is 11.3 Å². The van der Waals surface area contributed by atoms with Crippen LogP contribution >= 0.6 is 11.8 Å². The minimum Gasteiger partial charge on any atom is -0.245 e. The summed E-state index contributed by atoms with van der Waals surface area (Å²) in [6, 6.07) is 2.09. The molecule has 3 nitrogen and oxygen atoms in total. The molecule has 0 unspecified atom stereocenters. The standard InChI is InChI=1S/C11H13N3S/c12-8-10-11(14-7-6-13-10)15-9-4-2-1-3-5-9/h6-7,9H,1-5H2. The predicted molar refractivity (Wildman–Crippen MR) is 59.5 cm³/mol. The van der Waals surface area contributed by atoms with Gasteiger partial charge in [0.05, 0.1) is 0 Å². The first kappa shape index (κ1) is 10.4. The first-order chi connectivity index (χ1) is 7.40. The summed E-state index contributed by atoms with van der Waals surface area (Å²) in [6.45, 7) is 0. The third-order valence-corrected chi connectivity index (χ3v) is 3.93. The Balaban J connectivity index is 2.06. The van der Waals surface area contributed by atoms with Crippen molar-refractivity contribution in [3.8, 4) is 6.07 Å². The van der Waals surface area contributed by atoms with Crippen molar-refractivity contribution in [2.75, 3.05) is 0 Å². The van der Waals surface area contributed by atoms with Gasteiger partial charge in [-0.25, -0.2) is 9.97 Å². The van der Waals surface area contributed by atoms with Gasteiger partial charge in [-0.3, -0.25) is 0 Å². The highest BCUT2D eigenvalue weighted by Crippen LogP contribution is 2.33. The lowest BCUT2D eigenvalue weighted by Crippen LogP contribution is -2.08. The number of nitriles is 1. The van der Waals surface area contributed by atoms with Crippen LogP contribution in [0.25, 0.3) is 0 Å². The van der Waals surface area contributed by atoms with Gasteiger partial charge < -0.3 is 0 Å². The van der Waals surface area contributed by atoms with Crippen LogP contribution in [0.3, 0.4) is 0 Å². The average molecular weight is 219 g/mol. The fraction of sp³-hybridized carbons (Fsp3) is 0.545. The van der Waals surface area contributed by atoms with Gasteiger partial charge in [-0.15, -0.1) is 11.8 Å². The van der Waals surface area contributed by atoms with Crippen LogP contribution in [0.15, 0.2) is 17.4 Å². The molecule has 0 amide bonds. The van der Waals surface area contributed by atoms with Gasteiger partial charge in [0, 0.05) is 17.6 Å². The smallest absolute Gasteiger partial charge is 0.172 e. The maximum Gasteiger partial charge on any atom is 0.172 e. The molecule has 4 heteroatoms. The maximum atomic E-state index is 8.88. The van der Waals surface area contributed by atoms with Crippen molar-refractivity contribution in [1.82, 2.24) is 9.97 Å². The van der Waals surface area contributed by atoms with Crippen molar-refractivity contribution >= 4 is 11.8 Å². The molecule has 0 N–H and O–H groups in total. The van der Waals surface area contributed by atoms with Crippen LogP contribution in [0.1, 0.15) is 37.8 Å². The zero-order valence-corrected chi connectivity index (χ0v) is 9.33. The molecule has 78 valence electrons. The number of hydrogen-bond donors (Lipinski definition) is 0. The summed E-state index contributed by atoms with van der Waals surface area (Å²) < 4.78 is 0. The van der Waals surface area contributed by atoms with Gasteiger partial charge in [-0.1, -0.05) is 19.3 Å². The summed E-state index contributed by atoms with van der Waals surface area (Å²) in [4.78, 5) is 8.24. The molecule has 1 heterocycles. The Morgan fingerprint density at radius 3 is 2.67 bits per heavy atom. The Morgan fingerprint density at radius 1 is 1.20 bits per heavy atom. The van der Waals surface area contributed by atoms with Crippen molar-refractivity contribution in [2.45, 2.75) is 42.4 Å². The van der Waals surface area contributed by atoms with Crippen LogP contribution in [-0.4, -0.2) is 15.2 Å². The first-order valence-corrected chi connectivity index (χ1v) is 6.16.